The quantitative estimate of drug-likeness (QED) is 0.756. The normalized spacial score (nSPS) is 31.4. The lowest BCUT2D eigenvalue weighted by Crippen LogP contribution is -2.43. The summed E-state index contributed by atoms with van der Waals surface area (Å²) in [6, 6.07) is 0. The summed E-state index contributed by atoms with van der Waals surface area (Å²) < 4.78 is 24.9. The molecular formula is C20H36B2O5. The van der Waals surface area contributed by atoms with Gasteiger partial charge in [-0.2, -0.15) is 0 Å². The van der Waals surface area contributed by atoms with Crippen LogP contribution >= 0.6 is 0 Å². The first kappa shape index (κ1) is 21.4. The molecule has 0 aromatic heterocycles. The summed E-state index contributed by atoms with van der Waals surface area (Å²) in [4.78, 5) is 0. The molecule has 0 bridgehead atoms. The standard InChI is InChI=1S/C20H36B2O5/c1-16(2)17(3,4)25-21(24-16)14-15(20(23)12-10-9-11-13-20)22-26-18(5,6)19(7,8)27-22/h14,23H,9-13H2,1-8H3/b15-14+. The number of hydrogen-bond acceptors (Lipinski definition) is 5. The van der Waals surface area contributed by atoms with Gasteiger partial charge in [0.15, 0.2) is 0 Å². The van der Waals surface area contributed by atoms with Crippen LogP contribution in [0.5, 0.6) is 0 Å². The fourth-order valence-electron chi connectivity index (χ4n) is 3.95. The second-order valence-electron chi connectivity index (χ2n) is 10.4. The van der Waals surface area contributed by atoms with E-state index in [4.69, 9.17) is 18.6 Å². The fraction of sp³-hybridized carbons (Fsp3) is 0.900. The van der Waals surface area contributed by atoms with Gasteiger partial charge in [0.2, 0.25) is 0 Å². The predicted octanol–water partition coefficient (Wildman–Crippen LogP) is 3.87. The van der Waals surface area contributed by atoms with Gasteiger partial charge in [0.1, 0.15) is 0 Å². The molecule has 0 aromatic carbocycles. The van der Waals surface area contributed by atoms with Crippen molar-refractivity contribution in [2.75, 3.05) is 0 Å². The molecule has 3 aliphatic rings. The van der Waals surface area contributed by atoms with Gasteiger partial charge in [-0.25, -0.2) is 0 Å². The summed E-state index contributed by atoms with van der Waals surface area (Å²) in [6.45, 7) is 16.3. The van der Waals surface area contributed by atoms with Crippen LogP contribution in [-0.4, -0.2) is 47.3 Å². The number of aliphatic hydroxyl groups is 1. The first-order valence-electron chi connectivity index (χ1n) is 10.4. The summed E-state index contributed by atoms with van der Waals surface area (Å²) in [5.41, 5.74) is -1.97. The third-order valence-corrected chi connectivity index (χ3v) is 7.31. The van der Waals surface area contributed by atoms with E-state index >= 15 is 0 Å². The molecule has 1 saturated carbocycles. The van der Waals surface area contributed by atoms with Crippen LogP contribution in [-0.2, 0) is 18.6 Å². The highest BCUT2D eigenvalue weighted by atomic mass is 16.7. The van der Waals surface area contributed by atoms with Crippen LogP contribution in [0, 0.1) is 0 Å². The lowest BCUT2D eigenvalue weighted by molar-refractivity contribution is 0.00578. The average Bonchev–Trinajstić information content (AvgIpc) is 2.84. The zero-order valence-corrected chi connectivity index (χ0v) is 18.3. The van der Waals surface area contributed by atoms with Crippen molar-refractivity contribution in [1.29, 1.82) is 0 Å². The Bertz CT molecular complexity index is 573. The van der Waals surface area contributed by atoms with Crippen LogP contribution in [0.3, 0.4) is 0 Å². The maximum Gasteiger partial charge on any atom is 0.492 e. The third kappa shape index (κ3) is 3.78. The minimum atomic E-state index is -0.941. The molecule has 1 N–H and O–H groups in total. The van der Waals surface area contributed by atoms with Gasteiger partial charge in [0.05, 0.1) is 28.0 Å². The maximum atomic E-state index is 11.5. The molecule has 27 heavy (non-hydrogen) atoms. The molecule has 0 aromatic rings. The van der Waals surface area contributed by atoms with Crippen LogP contribution in [0.1, 0.15) is 87.5 Å². The van der Waals surface area contributed by atoms with Crippen molar-refractivity contribution in [3.8, 4) is 0 Å². The van der Waals surface area contributed by atoms with Gasteiger partial charge < -0.3 is 23.7 Å². The van der Waals surface area contributed by atoms with Crippen molar-refractivity contribution >= 4 is 14.2 Å². The summed E-state index contributed by atoms with van der Waals surface area (Å²) >= 11 is 0. The Morgan fingerprint density at radius 1 is 0.704 bits per heavy atom. The van der Waals surface area contributed by atoms with E-state index in [1.54, 1.807) is 0 Å². The number of rotatable bonds is 3. The Balaban J connectivity index is 1.95. The van der Waals surface area contributed by atoms with Crippen molar-refractivity contribution in [2.45, 2.75) is 115 Å². The highest BCUT2D eigenvalue weighted by Crippen LogP contribution is 2.45. The molecule has 152 valence electrons. The van der Waals surface area contributed by atoms with Crippen molar-refractivity contribution in [3.63, 3.8) is 0 Å². The Morgan fingerprint density at radius 3 is 1.56 bits per heavy atom. The molecular weight excluding hydrogens is 342 g/mol. The molecule has 3 rings (SSSR count). The van der Waals surface area contributed by atoms with E-state index in [1.807, 2.05) is 61.4 Å². The van der Waals surface area contributed by atoms with E-state index in [-0.39, 0.29) is 0 Å². The van der Waals surface area contributed by atoms with Crippen molar-refractivity contribution in [3.05, 3.63) is 11.4 Å². The first-order valence-corrected chi connectivity index (χ1v) is 10.4. The smallest absolute Gasteiger partial charge is 0.400 e. The monoisotopic (exact) mass is 378 g/mol. The van der Waals surface area contributed by atoms with Crippen molar-refractivity contribution < 1.29 is 23.7 Å². The first-order chi connectivity index (χ1) is 12.2. The molecule has 0 unspecified atom stereocenters. The minimum absolute atomic E-state index is 0.426. The Labute approximate surface area is 165 Å². The van der Waals surface area contributed by atoms with Crippen LogP contribution < -0.4 is 0 Å². The molecule has 5 nitrogen and oxygen atoms in total. The second kappa shape index (κ2) is 6.60. The molecule has 0 radical (unpaired) electrons. The molecule has 7 heteroatoms. The van der Waals surface area contributed by atoms with Crippen LogP contribution in [0.2, 0.25) is 0 Å². The molecule has 2 saturated heterocycles. The highest BCUT2D eigenvalue weighted by Gasteiger charge is 2.57. The van der Waals surface area contributed by atoms with Crippen LogP contribution in [0.4, 0.5) is 0 Å². The molecule has 3 fully saturated rings. The largest absolute Gasteiger partial charge is 0.492 e. The van der Waals surface area contributed by atoms with Crippen molar-refractivity contribution in [2.24, 2.45) is 0 Å². The highest BCUT2D eigenvalue weighted by molar-refractivity contribution is 6.61. The van der Waals surface area contributed by atoms with E-state index in [0.717, 1.165) is 24.7 Å². The third-order valence-electron chi connectivity index (χ3n) is 7.31. The molecule has 2 heterocycles. The van der Waals surface area contributed by atoms with Gasteiger partial charge in [-0.1, -0.05) is 25.2 Å². The van der Waals surface area contributed by atoms with Gasteiger partial charge >= 0.3 is 14.2 Å². The van der Waals surface area contributed by atoms with E-state index in [0.29, 0.717) is 12.8 Å². The molecule has 0 atom stereocenters. The summed E-state index contributed by atoms with van der Waals surface area (Å²) in [7, 11) is -1.13. The van der Waals surface area contributed by atoms with Gasteiger partial charge in [0, 0.05) is 0 Å². The maximum absolute atomic E-state index is 11.5. The minimum Gasteiger partial charge on any atom is -0.400 e. The van der Waals surface area contributed by atoms with Gasteiger partial charge in [-0.3, -0.25) is 0 Å². The Kier molecular flexibility index (Phi) is 5.22. The molecule has 0 spiro atoms. The lowest BCUT2D eigenvalue weighted by atomic mass is 9.60. The van der Waals surface area contributed by atoms with E-state index in [2.05, 4.69) is 0 Å². The SMILES string of the molecule is CC1(C)OB(/C=C(/B2OC(C)(C)C(C)(C)O2)C2(O)CCCCC2)OC1(C)C. The van der Waals surface area contributed by atoms with Crippen LogP contribution in [0.25, 0.3) is 0 Å². The summed E-state index contributed by atoms with van der Waals surface area (Å²) in [5, 5.41) is 11.5. The number of hydrogen-bond donors (Lipinski definition) is 1. The molecule has 1 aliphatic carbocycles. The summed E-state index contributed by atoms with van der Waals surface area (Å²) in [5.74, 6) is 1.91. The fourth-order valence-corrected chi connectivity index (χ4v) is 3.95. The second-order valence-corrected chi connectivity index (χ2v) is 10.4. The average molecular weight is 378 g/mol. The Hall–Kier alpha value is -0.330. The van der Waals surface area contributed by atoms with E-state index in [1.165, 1.54) is 0 Å². The zero-order chi connectivity index (χ0) is 20.3. The molecule has 0 amide bonds. The lowest BCUT2D eigenvalue weighted by Gasteiger charge is -2.36. The summed E-state index contributed by atoms with van der Waals surface area (Å²) in [6.07, 6.45) is 4.56. The van der Waals surface area contributed by atoms with E-state index < -0.39 is 42.2 Å². The zero-order valence-electron chi connectivity index (χ0n) is 18.3. The van der Waals surface area contributed by atoms with Crippen LogP contribution in [0.15, 0.2) is 11.4 Å². The predicted molar refractivity (Wildman–Crippen MR) is 108 cm³/mol. The van der Waals surface area contributed by atoms with Crippen molar-refractivity contribution in [1.82, 2.24) is 0 Å². The van der Waals surface area contributed by atoms with Gasteiger partial charge in [-0.15, -0.1) is 0 Å². The van der Waals surface area contributed by atoms with E-state index in [9.17, 15) is 5.11 Å². The van der Waals surface area contributed by atoms with Gasteiger partial charge in [-0.05, 0) is 73.7 Å². The topological polar surface area (TPSA) is 57.2 Å². The van der Waals surface area contributed by atoms with Gasteiger partial charge in [0.25, 0.3) is 0 Å². The Morgan fingerprint density at radius 2 is 1.11 bits per heavy atom. The molecule has 2 aliphatic heterocycles.